The number of nitrogens with one attached hydrogen (secondary N) is 1. The van der Waals surface area contributed by atoms with Gasteiger partial charge in [0, 0.05) is 25.3 Å². The molecule has 0 aromatic heterocycles. The van der Waals surface area contributed by atoms with Gasteiger partial charge in [-0.2, -0.15) is 0 Å². The molecular weight excluding hydrogens is 256 g/mol. The van der Waals surface area contributed by atoms with E-state index in [0.29, 0.717) is 5.92 Å². The molecule has 1 aromatic rings. The lowest BCUT2D eigenvalue weighted by molar-refractivity contribution is 0.318. The molecule has 0 bridgehead atoms. The molecule has 1 saturated carbocycles. The first-order chi connectivity index (χ1) is 10.1. The van der Waals surface area contributed by atoms with Gasteiger partial charge in [0.05, 0.1) is 0 Å². The van der Waals surface area contributed by atoms with E-state index in [9.17, 15) is 0 Å². The van der Waals surface area contributed by atoms with Gasteiger partial charge in [-0.05, 0) is 62.3 Å². The van der Waals surface area contributed by atoms with Crippen LogP contribution in [0.2, 0.25) is 0 Å². The second-order valence-electron chi connectivity index (χ2n) is 6.98. The van der Waals surface area contributed by atoms with Crippen LogP contribution in [-0.2, 0) is 6.54 Å². The molecule has 0 aliphatic heterocycles. The first kappa shape index (κ1) is 16.4. The van der Waals surface area contributed by atoms with Crippen molar-refractivity contribution in [1.82, 2.24) is 5.32 Å². The Kier molecular flexibility index (Phi) is 6.10. The van der Waals surface area contributed by atoms with E-state index in [-0.39, 0.29) is 0 Å². The van der Waals surface area contributed by atoms with E-state index in [2.05, 4.69) is 56.1 Å². The van der Waals surface area contributed by atoms with E-state index in [1.807, 2.05) is 0 Å². The Morgan fingerprint density at radius 1 is 1.29 bits per heavy atom. The molecule has 2 nitrogen and oxygen atoms in total. The van der Waals surface area contributed by atoms with Gasteiger partial charge in [-0.15, -0.1) is 0 Å². The lowest BCUT2D eigenvalue weighted by Crippen LogP contribution is -2.32. The second-order valence-corrected chi connectivity index (χ2v) is 6.98. The highest BCUT2D eigenvalue weighted by Crippen LogP contribution is 2.30. The quantitative estimate of drug-likeness (QED) is 0.764. The Hall–Kier alpha value is -1.02. The molecule has 2 rings (SSSR count). The van der Waals surface area contributed by atoms with Crippen LogP contribution in [0.25, 0.3) is 0 Å². The zero-order valence-corrected chi connectivity index (χ0v) is 14.3. The average molecular weight is 288 g/mol. The summed E-state index contributed by atoms with van der Waals surface area (Å²) in [6, 6.07) is 6.97. The maximum atomic E-state index is 3.53. The van der Waals surface area contributed by atoms with Gasteiger partial charge in [0.2, 0.25) is 0 Å². The summed E-state index contributed by atoms with van der Waals surface area (Å²) in [4.78, 5) is 2.56. The Bertz CT molecular complexity index is 435. The van der Waals surface area contributed by atoms with E-state index in [1.165, 1.54) is 42.6 Å². The molecule has 118 valence electrons. The normalized spacial score (nSPS) is 15.3. The summed E-state index contributed by atoms with van der Waals surface area (Å²) in [5.41, 5.74) is 4.24. The van der Waals surface area contributed by atoms with Crippen molar-refractivity contribution in [1.29, 1.82) is 0 Å². The molecule has 1 aliphatic carbocycles. The first-order valence-electron chi connectivity index (χ1n) is 8.65. The molecule has 21 heavy (non-hydrogen) atoms. The summed E-state index contributed by atoms with van der Waals surface area (Å²) in [5.74, 6) is 1.64. The van der Waals surface area contributed by atoms with E-state index >= 15 is 0 Å². The number of hydrogen-bond donors (Lipinski definition) is 1. The van der Waals surface area contributed by atoms with Crippen molar-refractivity contribution in [3.05, 3.63) is 29.3 Å². The number of aryl methyl sites for hydroxylation is 1. The van der Waals surface area contributed by atoms with Gasteiger partial charge in [0.15, 0.2) is 0 Å². The number of nitrogens with zero attached hydrogens (tertiary/aromatic N) is 1. The van der Waals surface area contributed by atoms with Crippen LogP contribution in [0, 0.1) is 18.8 Å². The lowest BCUT2D eigenvalue weighted by Gasteiger charge is -2.34. The Morgan fingerprint density at radius 3 is 2.57 bits per heavy atom. The summed E-state index contributed by atoms with van der Waals surface area (Å²) < 4.78 is 0. The number of hydrogen-bond acceptors (Lipinski definition) is 2. The second kappa shape index (κ2) is 7.84. The van der Waals surface area contributed by atoms with Gasteiger partial charge < -0.3 is 10.2 Å². The summed E-state index contributed by atoms with van der Waals surface area (Å²) in [6.07, 6.45) is 4.28. The van der Waals surface area contributed by atoms with Crippen molar-refractivity contribution in [2.45, 2.75) is 53.5 Å². The molecule has 0 saturated heterocycles. The summed E-state index contributed by atoms with van der Waals surface area (Å²) in [6.45, 7) is 13.4. The third kappa shape index (κ3) is 4.74. The van der Waals surface area contributed by atoms with Gasteiger partial charge in [0.25, 0.3) is 0 Å². The zero-order chi connectivity index (χ0) is 15.2. The summed E-state index contributed by atoms with van der Waals surface area (Å²) >= 11 is 0. The summed E-state index contributed by atoms with van der Waals surface area (Å²) in [5, 5.41) is 3.53. The smallest absolute Gasteiger partial charge is 0.0396 e. The van der Waals surface area contributed by atoms with Crippen molar-refractivity contribution in [2.75, 3.05) is 24.5 Å². The molecular formula is C19H32N2. The minimum atomic E-state index is 0.712. The maximum Gasteiger partial charge on any atom is 0.0396 e. The molecule has 1 aromatic carbocycles. The van der Waals surface area contributed by atoms with Gasteiger partial charge in [-0.25, -0.2) is 0 Å². The molecule has 0 unspecified atom stereocenters. The van der Waals surface area contributed by atoms with Gasteiger partial charge >= 0.3 is 0 Å². The molecule has 0 atom stereocenters. The fourth-order valence-corrected chi connectivity index (χ4v) is 3.07. The van der Waals surface area contributed by atoms with Crippen molar-refractivity contribution in [3.8, 4) is 0 Å². The molecule has 2 heteroatoms. The van der Waals surface area contributed by atoms with Crippen molar-refractivity contribution in [3.63, 3.8) is 0 Å². The predicted molar refractivity (Wildman–Crippen MR) is 93.0 cm³/mol. The van der Waals surface area contributed by atoms with Gasteiger partial charge in [-0.1, -0.05) is 32.4 Å². The first-order valence-corrected chi connectivity index (χ1v) is 8.65. The molecule has 0 spiro atoms. The number of benzene rings is 1. The third-order valence-corrected chi connectivity index (χ3v) is 4.57. The zero-order valence-electron chi connectivity index (χ0n) is 14.3. The highest BCUT2D eigenvalue weighted by Gasteiger charge is 2.20. The van der Waals surface area contributed by atoms with Crippen LogP contribution in [0.3, 0.4) is 0 Å². The predicted octanol–water partition coefficient (Wildman–Crippen LogP) is 4.37. The standard InChI is InChI=1S/C19H32N2/c1-5-21(14-17-7-6-8-17)19-10-9-18(11-16(19)4)13-20-12-15(2)3/h9-11,15,17,20H,5-8,12-14H2,1-4H3. The largest absolute Gasteiger partial charge is 0.371 e. The topological polar surface area (TPSA) is 15.3 Å². The van der Waals surface area contributed by atoms with Crippen LogP contribution < -0.4 is 10.2 Å². The van der Waals surface area contributed by atoms with Crippen molar-refractivity contribution >= 4 is 5.69 Å². The van der Waals surface area contributed by atoms with Crippen LogP contribution in [0.5, 0.6) is 0 Å². The molecule has 0 amide bonds. The summed E-state index contributed by atoms with van der Waals surface area (Å²) in [7, 11) is 0. The van der Waals surface area contributed by atoms with Crippen LogP contribution in [-0.4, -0.2) is 19.6 Å². The van der Waals surface area contributed by atoms with Crippen LogP contribution in [0.1, 0.15) is 51.2 Å². The monoisotopic (exact) mass is 288 g/mol. The Balaban J connectivity index is 1.96. The average Bonchev–Trinajstić information content (AvgIpc) is 2.39. The van der Waals surface area contributed by atoms with Gasteiger partial charge in [-0.3, -0.25) is 0 Å². The molecule has 1 fully saturated rings. The molecule has 0 radical (unpaired) electrons. The van der Waals surface area contributed by atoms with Crippen molar-refractivity contribution < 1.29 is 0 Å². The van der Waals surface area contributed by atoms with Crippen LogP contribution >= 0.6 is 0 Å². The fourth-order valence-electron chi connectivity index (χ4n) is 3.07. The number of rotatable bonds is 8. The lowest BCUT2D eigenvalue weighted by atomic mass is 9.85. The Morgan fingerprint density at radius 2 is 2.05 bits per heavy atom. The van der Waals surface area contributed by atoms with E-state index in [1.54, 1.807) is 0 Å². The molecule has 0 heterocycles. The Labute approximate surface area is 130 Å². The van der Waals surface area contributed by atoms with E-state index in [4.69, 9.17) is 0 Å². The SMILES string of the molecule is CCN(CC1CCC1)c1ccc(CNCC(C)C)cc1C. The minimum Gasteiger partial charge on any atom is -0.371 e. The number of anilines is 1. The highest BCUT2D eigenvalue weighted by atomic mass is 15.1. The molecule has 1 N–H and O–H groups in total. The fraction of sp³-hybridized carbons (Fsp3) is 0.684. The third-order valence-electron chi connectivity index (χ3n) is 4.57. The van der Waals surface area contributed by atoms with E-state index < -0.39 is 0 Å². The molecule has 1 aliphatic rings. The van der Waals surface area contributed by atoms with Crippen LogP contribution in [0.15, 0.2) is 18.2 Å². The van der Waals surface area contributed by atoms with Crippen LogP contribution in [0.4, 0.5) is 5.69 Å². The van der Waals surface area contributed by atoms with E-state index in [0.717, 1.165) is 25.6 Å². The minimum absolute atomic E-state index is 0.712. The van der Waals surface area contributed by atoms with Gasteiger partial charge in [0.1, 0.15) is 0 Å². The van der Waals surface area contributed by atoms with Crippen molar-refractivity contribution in [2.24, 2.45) is 11.8 Å². The highest BCUT2D eigenvalue weighted by molar-refractivity contribution is 5.54. The maximum absolute atomic E-state index is 3.53.